The molecule has 3 rings (SSSR count). The van der Waals surface area contributed by atoms with Crippen LogP contribution < -0.4 is 0 Å². The Morgan fingerprint density at radius 3 is 1.55 bits per heavy atom. The quantitative estimate of drug-likeness (QED) is 0.640. The van der Waals surface area contributed by atoms with Gasteiger partial charge in [-0.25, -0.2) is 0 Å². The van der Waals surface area contributed by atoms with E-state index >= 15 is 0 Å². The summed E-state index contributed by atoms with van der Waals surface area (Å²) in [4.78, 5) is 28.3. The summed E-state index contributed by atoms with van der Waals surface area (Å²) in [6, 6.07) is 0. The molecular formula is C14H20N2O4. The Hall–Kier alpha value is -1.40. The van der Waals surface area contributed by atoms with E-state index in [1.807, 2.05) is 0 Å². The summed E-state index contributed by atoms with van der Waals surface area (Å²) in [6.45, 7) is 8.66. The van der Waals surface area contributed by atoms with Crippen molar-refractivity contribution < 1.29 is 19.1 Å². The molecule has 6 nitrogen and oxygen atoms in total. The maximum Gasteiger partial charge on any atom is 0.231 e. The summed E-state index contributed by atoms with van der Waals surface area (Å²) in [5, 5.41) is 0. The molecule has 0 spiro atoms. The second kappa shape index (κ2) is 5.54. The van der Waals surface area contributed by atoms with Crippen LogP contribution in [-0.2, 0) is 19.1 Å². The molecule has 110 valence electrons. The molecule has 3 fully saturated rings. The Kier molecular flexibility index (Phi) is 3.76. The Morgan fingerprint density at radius 2 is 1.20 bits per heavy atom. The van der Waals surface area contributed by atoms with Crippen LogP contribution in [-0.4, -0.2) is 74.2 Å². The molecule has 2 aliphatic heterocycles. The lowest BCUT2D eigenvalue weighted by atomic mass is 10.2. The van der Waals surface area contributed by atoms with E-state index in [1.165, 1.54) is 0 Å². The lowest BCUT2D eigenvalue weighted by Gasteiger charge is -2.28. The van der Waals surface area contributed by atoms with Crippen LogP contribution in [0.1, 0.15) is 0 Å². The van der Waals surface area contributed by atoms with Crippen molar-refractivity contribution in [1.82, 2.24) is 9.80 Å². The van der Waals surface area contributed by atoms with Gasteiger partial charge in [0.05, 0.1) is 38.3 Å². The van der Waals surface area contributed by atoms with Gasteiger partial charge in [-0.15, -0.1) is 0 Å². The molecule has 2 atom stereocenters. The number of amides is 2. The first kappa shape index (κ1) is 13.6. The zero-order valence-electron chi connectivity index (χ0n) is 11.5. The normalized spacial score (nSPS) is 30.3. The van der Waals surface area contributed by atoms with Crippen molar-refractivity contribution in [3.8, 4) is 0 Å². The van der Waals surface area contributed by atoms with Gasteiger partial charge in [0.1, 0.15) is 0 Å². The minimum Gasteiger partial charge on any atom is -0.378 e. The molecule has 1 unspecified atom stereocenters. The smallest absolute Gasteiger partial charge is 0.231 e. The molecule has 2 saturated heterocycles. The van der Waals surface area contributed by atoms with Crippen LogP contribution in [0.4, 0.5) is 0 Å². The van der Waals surface area contributed by atoms with Gasteiger partial charge in [-0.3, -0.25) is 9.59 Å². The Labute approximate surface area is 118 Å². The molecule has 0 aromatic rings. The minimum absolute atomic E-state index is 0.0323. The van der Waals surface area contributed by atoms with Crippen molar-refractivity contribution >= 4 is 11.8 Å². The average Bonchev–Trinajstić information content (AvgIpc) is 3.18. The largest absolute Gasteiger partial charge is 0.378 e. The van der Waals surface area contributed by atoms with E-state index in [0.29, 0.717) is 52.6 Å². The van der Waals surface area contributed by atoms with Crippen LogP contribution in [0.2, 0.25) is 0 Å². The topological polar surface area (TPSA) is 59.1 Å². The lowest BCUT2D eigenvalue weighted by molar-refractivity contribution is -0.142. The van der Waals surface area contributed by atoms with Crippen LogP contribution in [0.25, 0.3) is 0 Å². The van der Waals surface area contributed by atoms with Crippen molar-refractivity contribution in [3.05, 3.63) is 12.2 Å². The molecule has 0 radical (unpaired) electrons. The number of nitrogens with zero attached hydrogens (tertiary/aromatic N) is 2. The fourth-order valence-corrected chi connectivity index (χ4v) is 2.88. The summed E-state index contributed by atoms with van der Waals surface area (Å²) in [5.74, 6) is -0.568. The van der Waals surface area contributed by atoms with E-state index in [-0.39, 0.29) is 23.7 Å². The molecule has 3 aliphatic rings. The molecule has 2 amide bonds. The van der Waals surface area contributed by atoms with Crippen molar-refractivity contribution in [3.63, 3.8) is 0 Å². The van der Waals surface area contributed by atoms with Gasteiger partial charge in [-0.2, -0.15) is 0 Å². The van der Waals surface area contributed by atoms with Gasteiger partial charge >= 0.3 is 0 Å². The van der Waals surface area contributed by atoms with Gasteiger partial charge < -0.3 is 19.3 Å². The highest BCUT2D eigenvalue weighted by Gasteiger charge is 2.55. The maximum absolute atomic E-state index is 12.4. The molecule has 0 aromatic heterocycles. The van der Waals surface area contributed by atoms with E-state index in [2.05, 4.69) is 6.58 Å². The molecular weight excluding hydrogens is 260 g/mol. The predicted molar refractivity (Wildman–Crippen MR) is 70.9 cm³/mol. The molecule has 0 bridgehead atoms. The van der Waals surface area contributed by atoms with Gasteiger partial charge in [0.2, 0.25) is 11.8 Å². The van der Waals surface area contributed by atoms with Gasteiger partial charge in [0, 0.05) is 26.2 Å². The molecule has 1 aliphatic carbocycles. The third kappa shape index (κ3) is 2.45. The second-order valence-corrected chi connectivity index (χ2v) is 5.41. The fraction of sp³-hybridized carbons (Fsp3) is 0.714. The summed E-state index contributed by atoms with van der Waals surface area (Å²) < 4.78 is 10.5. The minimum atomic E-state index is -0.316. The number of ether oxygens (including phenoxy) is 2. The van der Waals surface area contributed by atoms with Crippen LogP contribution in [0.5, 0.6) is 0 Å². The number of hydrogen-bond donors (Lipinski definition) is 0. The summed E-state index contributed by atoms with van der Waals surface area (Å²) in [7, 11) is 0. The Morgan fingerprint density at radius 1 is 0.850 bits per heavy atom. The molecule has 6 heteroatoms. The number of rotatable bonds is 2. The highest BCUT2D eigenvalue weighted by molar-refractivity contribution is 5.99. The van der Waals surface area contributed by atoms with Crippen LogP contribution >= 0.6 is 0 Å². The molecule has 2 heterocycles. The fourth-order valence-electron chi connectivity index (χ4n) is 2.88. The molecule has 0 aromatic carbocycles. The number of carbonyl (C=O) groups is 2. The first-order valence-corrected chi connectivity index (χ1v) is 7.12. The molecule has 20 heavy (non-hydrogen) atoms. The maximum atomic E-state index is 12.4. The van der Waals surface area contributed by atoms with Gasteiger partial charge in [-0.05, 0) is 0 Å². The summed E-state index contributed by atoms with van der Waals surface area (Å²) in [5.41, 5.74) is 0.762. The van der Waals surface area contributed by atoms with E-state index in [0.717, 1.165) is 5.57 Å². The highest BCUT2D eigenvalue weighted by Crippen LogP contribution is 2.46. The summed E-state index contributed by atoms with van der Waals surface area (Å²) >= 11 is 0. The van der Waals surface area contributed by atoms with E-state index in [4.69, 9.17) is 9.47 Å². The van der Waals surface area contributed by atoms with Crippen LogP contribution in [0.15, 0.2) is 12.2 Å². The van der Waals surface area contributed by atoms with Crippen molar-refractivity contribution in [2.24, 2.45) is 11.8 Å². The van der Waals surface area contributed by atoms with Crippen LogP contribution in [0, 0.1) is 11.8 Å². The van der Waals surface area contributed by atoms with E-state index in [9.17, 15) is 9.59 Å². The molecule has 1 saturated carbocycles. The zero-order valence-corrected chi connectivity index (χ0v) is 11.5. The van der Waals surface area contributed by atoms with Crippen molar-refractivity contribution in [1.29, 1.82) is 0 Å². The number of carbonyl (C=O) groups excluding carboxylic acids is 2. The first-order chi connectivity index (χ1) is 9.70. The van der Waals surface area contributed by atoms with Crippen LogP contribution in [0.3, 0.4) is 0 Å². The lowest BCUT2D eigenvalue weighted by Crippen LogP contribution is -2.44. The third-order valence-corrected chi connectivity index (χ3v) is 4.20. The third-order valence-electron chi connectivity index (χ3n) is 4.20. The Bertz CT molecular complexity index is 387. The standard InChI is InChI=1S/C14H20N2O4/c1-10-11(13(17)15-2-6-19-7-3-15)12(10)14(18)16-4-8-20-9-5-16/h11-12H,1-9H2/t11-,12?/m0/s1. The van der Waals surface area contributed by atoms with E-state index < -0.39 is 0 Å². The van der Waals surface area contributed by atoms with E-state index in [1.54, 1.807) is 9.80 Å². The predicted octanol–water partition coefficient (Wildman–Crippen LogP) is -0.494. The van der Waals surface area contributed by atoms with Gasteiger partial charge in [-0.1, -0.05) is 12.2 Å². The van der Waals surface area contributed by atoms with Crippen molar-refractivity contribution in [2.45, 2.75) is 0 Å². The average molecular weight is 280 g/mol. The summed E-state index contributed by atoms with van der Waals surface area (Å²) in [6.07, 6.45) is 0. The monoisotopic (exact) mass is 280 g/mol. The number of hydrogen-bond acceptors (Lipinski definition) is 4. The second-order valence-electron chi connectivity index (χ2n) is 5.41. The zero-order chi connectivity index (χ0) is 14.1. The SMILES string of the molecule is C=C1C(C(=O)N2CCOCC2)[C@H]1C(=O)N1CCOCC1. The molecule has 0 N–H and O–H groups in total. The number of morpholine rings is 2. The first-order valence-electron chi connectivity index (χ1n) is 7.12. The van der Waals surface area contributed by atoms with Gasteiger partial charge in [0.25, 0.3) is 0 Å². The van der Waals surface area contributed by atoms with Gasteiger partial charge in [0.15, 0.2) is 0 Å². The van der Waals surface area contributed by atoms with Crippen molar-refractivity contribution in [2.75, 3.05) is 52.6 Å². The highest BCUT2D eigenvalue weighted by atomic mass is 16.5. The Balaban J connectivity index is 1.60.